The van der Waals surface area contributed by atoms with Crippen molar-refractivity contribution in [2.45, 2.75) is 90.4 Å². The Morgan fingerprint density at radius 1 is 0.810 bits per heavy atom. The average molecular weight is 296 g/mol. The summed E-state index contributed by atoms with van der Waals surface area (Å²) in [5.41, 5.74) is 0. The van der Waals surface area contributed by atoms with Gasteiger partial charge >= 0.3 is 5.97 Å². The Bertz CT molecular complexity index is 295. The first-order valence-electron chi connectivity index (χ1n) is 8.58. The second-order valence-electron chi connectivity index (χ2n) is 5.73. The highest BCUT2D eigenvalue weighted by molar-refractivity contribution is 5.89. The minimum Gasteiger partial charge on any atom is -0.481 e. The quantitative estimate of drug-likeness (QED) is 0.330. The van der Waals surface area contributed by atoms with Crippen molar-refractivity contribution in [1.82, 2.24) is 0 Å². The van der Waals surface area contributed by atoms with Crippen LogP contribution in [0.4, 0.5) is 0 Å². The van der Waals surface area contributed by atoms with Crippen molar-refractivity contribution in [2.24, 2.45) is 0 Å². The zero-order valence-electron chi connectivity index (χ0n) is 13.6. The van der Waals surface area contributed by atoms with Gasteiger partial charge in [-0.15, -0.1) is 0 Å². The molecule has 122 valence electrons. The van der Waals surface area contributed by atoms with Crippen LogP contribution in [0.2, 0.25) is 0 Å². The van der Waals surface area contributed by atoms with Crippen molar-refractivity contribution in [3.8, 4) is 0 Å². The van der Waals surface area contributed by atoms with Gasteiger partial charge in [0.15, 0.2) is 5.78 Å². The Hall–Kier alpha value is -1.12. The van der Waals surface area contributed by atoms with Crippen LogP contribution in [0.3, 0.4) is 0 Å². The van der Waals surface area contributed by atoms with Crippen LogP contribution in [-0.4, -0.2) is 16.9 Å². The van der Waals surface area contributed by atoms with Gasteiger partial charge in [0.25, 0.3) is 0 Å². The number of ketones is 1. The first-order chi connectivity index (χ1) is 10.2. The summed E-state index contributed by atoms with van der Waals surface area (Å²) in [6.45, 7) is 2.17. The number of aliphatic carboxylic acids is 1. The molecule has 0 aliphatic rings. The Labute approximate surface area is 129 Å². The lowest BCUT2D eigenvalue weighted by atomic mass is 10.1. The Morgan fingerprint density at radius 2 is 1.38 bits per heavy atom. The summed E-state index contributed by atoms with van der Waals surface area (Å²) >= 11 is 0. The fourth-order valence-electron chi connectivity index (χ4n) is 2.27. The summed E-state index contributed by atoms with van der Waals surface area (Å²) in [7, 11) is 0. The van der Waals surface area contributed by atoms with Crippen molar-refractivity contribution in [2.75, 3.05) is 0 Å². The second-order valence-corrected chi connectivity index (χ2v) is 5.73. The predicted octanol–water partition coefficient (Wildman–Crippen LogP) is 5.29. The molecule has 21 heavy (non-hydrogen) atoms. The minimum atomic E-state index is -0.695. The summed E-state index contributed by atoms with van der Waals surface area (Å²) in [6, 6.07) is 0. The highest BCUT2D eigenvalue weighted by atomic mass is 16.4. The van der Waals surface area contributed by atoms with E-state index in [1.165, 1.54) is 25.7 Å². The topological polar surface area (TPSA) is 54.4 Å². The molecular weight excluding hydrogens is 264 g/mol. The molecule has 0 fully saturated rings. The molecule has 0 aromatic carbocycles. The van der Waals surface area contributed by atoms with Crippen molar-refractivity contribution >= 4 is 11.8 Å². The smallest absolute Gasteiger partial charge is 0.303 e. The van der Waals surface area contributed by atoms with Gasteiger partial charge < -0.3 is 5.11 Å². The van der Waals surface area contributed by atoms with E-state index in [0.717, 1.165) is 44.9 Å². The summed E-state index contributed by atoms with van der Waals surface area (Å²) < 4.78 is 0. The molecule has 0 atom stereocenters. The van der Waals surface area contributed by atoms with Crippen LogP contribution >= 0.6 is 0 Å². The van der Waals surface area contributed by atoms with E-state index in [0.29, 0.717) is 12.8 Å². The van der Waals surface area contributed by atoms with E-state index in [1.807, 2.05) is 6.08 Å². The molecule has 0 amide bonds. The van der Waals surface area contributed by atoms with Crippen molar-refractivity contribution in [1.29, 1.82) is 0 Å². The second kappa shape index (κ2) is 15.3. The van der Waals surface area contributed by atoms with E-state index in [-0.39, 0.29) is 5.78 Å². The highest BCUT2D eigenvalue weighted by Gasteiger charge is 1.97. The van der Waals surface area contributed by atoms with Gasteiger partial charge in [0.1, 0.15) is 0 Å². The van der Waals surface area contributed by atoms with Gasteiger partial charge in [0, 0.05) is 12.8 Å². The molecule has 0 radical (unpaired) electrons. The molecule has 0 aromatic heterocycles. The van der Waals surface area contributed by atoms with Crippen molar-refractivity contribution in [3.05, 3.63) is 12.2 Å². The molecule has 0 aliphatic heterocycles. The first kappa shape index (κ1) is 19.9. The van der Waals surface area contributed by atoms with Gasteiger partial charge in [-0.05, 0) is 31.8 Å². The molecule has 0 spiro atoms. The highest BCUT2D eigenvalue weighted by Crippen LogP contribution is 2.09. The Balaban J connectivity index is 3.27. The SMILES string of the molecule is CCCCCCC(=O)C=CCCCCCCCCC(=O)O. The van der Waals surface area contributed by atoms with E-state index in [1.54, 1.807) is 6.08 Å². The predicted molar refractivity (Wildman–Crippen MR) is 87.5 cm³/mol. The lowest BCUT2D eigenvalue weighted by Gasteiger charge is -1.99. The third-order valence-electron chi connectivity index (χ3n) is 3.59. The molecule has 3 nitrogen and oxygen atoms in total. The normalized spacial score (nSPS) is 11.1. The van der Waals surface area contributed by atoms with Crippen LogP contribution in [0.5, 0.6) is 0 Å². The van der Waals surface area contributed by atoms with Gasteiger partial charge in [-0.3, -0.25) is 9.59 Å². The van der Waals surface area contributed by atoms with Crippen molar-refractivity contribution in [3.63, 3.8) is 0 Å². The summed E-state index contributed by atoms with van der Waals surface area (Å²) in [6.07, 6.45) is 16.7. The number of carbonyl (C=O) groups is 2. The van der Waals surface area contributed by atoms with E-state index >= 15 is 0 Å². The van der Waals surface area contributed by atoms with Crippen LogP contribution in [0.15, 0.2) is 12.2 Å². The monoisotopic (exact) mass is 296 g/mol. The molecule has 0 saturated heterocycles. The zero-order chi connectivity index (χ0) is 15.8. The van der Waals surface area contributed by atoms with Gasteiger partial charge in [0.05, 0.1) is 0 Å². The van der Waals surface area contributed by atoms with Gasteiger partial charge in [-0.25, -0.2) is 0 Å². The molecule has 0 rings (SSSR count). The number of unbranched alkanes of at least 4 members (excludes halogenated alkanes) is 9. The number of carboxylic acid groups (broad SMARTS) is 1. The third kappa shape index (κ3) is 16.8. The standard InChI is InChI=1S/C18H32O3/c1-2-3-4-11-14-17(19)15-12-9-7-5-6-8-10-13-16-18(20)21/h12,15H,2-11,13-14,16H2,1H3,(H,20,21). The largest absolute Gasteiger partial charge is 0.481 e. The van der Waals surface area contributed by atoms with Crippen LogP contribution in [-0.2, 0) is 9.59 Å². The van der Waals surface area contributed by atoms with E-state index < -0.39 is 5.97 Å². The van der Waals surface area contributed by atoms with Gasteiger partial charge in [-0.2, -0.15) is 0 Å². The van der Waals surface area contributed by atoms with Crippen LogP contribution in [0, 0.1) is 0 Å². The number of hydrogen-bond donors (Lipinski definition) is 1. The number of allylic oxidation sites excluding steroid dienone is 2. The van der Waals surface area contributed by atoms with Crippen LogP contribution < -0.4 is 0 Å². The lowest BCUT2D eigenvalue weighted by Crippen LogP contribution is -1.93. The maximum absolute atomic E-state index is 11.5. The maximum atomic E-state index is 11.5. The average Bonchev–Trinajstić information content (AvgIpc) is 2.45. The molecule has 0 aromatic rings. The minimum absolute atomic E-state index is 0.264. The number of carbonyl (C=O) groups excluding carboxylic acids is 1. The van der Waals surface area contributed by atoms with Gasteiger partial charge in [-0.1, -0.05) is 57.9 Å². The van der Waals surface area contributed by atoms with Crippen molar-refractivity contribution < 1.29 is 14.7 Å². The summed E-state index contributed by atoms with van der Waals surface area (Å²) in [4.78, 5) is 21.9. The van der Waals surface area contributed by atoms with E-state index in [2.05, 4.69) is 6.92 Å². The van der Waals surface area contributed by atoms with Crippen LogP contribution in [0.1, 0.15) is 90.4 Å². The fourth-order valence-corrected chi connectivity index (χ4v) is 2.27. The van der Waals surface area contributed by atoms with Gasteiger partial charge in [0.2, 0.25) is 0 Å². The molecule has 0 bridgehead atoms. The number of rotatable bonds is 15. The molecule has 3 heteroatoms. The Kier molecular flexibility index (Phi) is 14.5. The summed E-state index contributed by atoms with van der Waals surface area (Å²) in [5, 5.41) is 8.50. The molecule has 0 unspecified atom stereocenters. The lowest BCUT2D eigenvalue weighted by molar-refractivity contribution is -0.137. The maximum Gasteiger partial charge on any atom is 0.303 e. The molecule has 0 aliphatic carbocycles. The number of hydrogen-bond acceptors (Lipinski definition) is 2. The zero-order valence-corrected chi connectivity index (χ0v) is 13.6. The van der Waals surface area contributed by atoms with E-state index in [9.17, 15) is 9.59 Å². The summed E-state index contributed by atoms with van der Waals surface area (Å²) in [5.74, 6) is -0.431. The van der Waals surface area contributed by atoms with E-state index in [4.69, 9.17) is 5.11 Å². The Morgan fingerprint density at radius 3 is 2.05 bits per heavy atom. The third-order valence-corrected chi connectivity index (χ3v) is 3.59. The fraction of sp³-hybridized carbons (Fsp3) is 0.778. The first-order valence-corrected chi connectivity index (χ1v) is 8.58. The molecular formula is C18H32O3. The van der Waals surface area contributed by atoms with Crippen LogP contribution in [0.25, 0.3) is 0 Å². The molecule has 0 heterocycles. The number of carboxylic acids is 1. The molecule has 1 N–H and O–H groups in total. The molecule has 0 saturated carbocycles.